The number of β-amino-alcohol motifs (C(OH)–C–C–N with tert-alkyl or cyclic N) is 1. The Morgan fingerprint density at radius 3 is 2.83 bits per heavy atom. The van der Waals surface area contributed by atoms with Crippen LogP contribution in [0.25, 0.3) is 0 Å². The molecule has 1 unspecified atom stereocenters. The Labute approximate surface area is 71.5 Å². The molecule has 1 aliphatic rings. The normalized spacial score (nSPS) is 23.7. The molecule has 0 aliphatic carbocycles. The number of hydrogen-bond acceptors (Lipinski definition) is 4. The molecular formula is C7H14N2O3. The third-order valence-corrected chi connectivity index (χ3v) is 1.53. The number of rotatable bonds is 2. The first-order chi connectivity index (χ1) is 5.59. The first-order valence-electron chi connectivity index (χ1n) is 3.85. The number of carbonyl (C=O) groups excluding carboxylic acids is 1. The molecule has 1 amide bonds. The van der Waals surface area contributed by atoms with Crippen LogP contribution in [0.3, 0.4) is 0 Å². The number of likely N-dealkylation sites (N-methyl/N-ethyl adjacent to an activating group) is 1. The van der Waals surface area contributed by atoms with Crippen LogP contribution < -0.4 is 0 Å². The number of carbonyl (C=O) groups is 1. The summed E-state index contributed by atoms with van der Waals surface area (Å²) >= 11 is 0. The van der Waals surface area contributed by atoms with E-state index in [1.807, 2.05) is 14.1 Å². The number of aliphatic hydroxyl groups excluding tert-OH is 1. The van der Waals surface area contributed by atoms with E-state index in [1.54, 1.807) is 4.90 Å². The number of hydrogen-bond donors (Lipinski definition) is 1. The lowest BCUT2D eigenvalue weighted by Crippen LogP contribution is -2.35. The molecule has 0 saturated carbocycles. The van der Waals surface area contributed by atoms with E-state index in [1.165, 1.54) is 5.06 Å². The molecule has 1 saturated heterocycles. The molecular weight excluding hydrogens is 160 g/mol. The van der Waals surface area contributed by atoms with Crippen molar-refractivity contribution in [3.05, 3.63) is 0 Å². The van der Waals surface area contributed by atoms with Crippen LogP contribution in [0, 0.1) is 0 Å². The lowest BCUT2D eigenvalue weighted by atomic mass is 10.4. The maximum Gasteiger partial charge on any atom is 0.260 e. The summed E-state index contributed by atoms with van der Waals surface area (Å²) in [5.41, 5.74) is 0. The maximum absolute atomic E-state index is 11.2. The van der Waals surface area contributed by atoms with Crippen molar-refractivity contribution in [1.29, 1.82) is 0 Å². The van der Waals surface area contributed by atoms with Crippen LogP contribution in [0.4, 0.5) is 0 Å². The lowest BCUT2D eigenvalue weighted by Gasteiger charge is -2.16. The summed E-state index contributed by atoms with van der Waals surface area (Å²) < 4.78 is 0. The summed E-state index contributed by atoms with van der Waals surface area (Å²) in [6.45, 7) is 0.818. The summed E-state index contributed by atoms with van der Waals surface area (Å²) in [5, 5.41) is 10.3. The summed E-state index contributed by atoms with van der Waals surface area (Å²) in [6.07, 6.45) is -0.531. The van der Waals surface area contributed by atoms with Crippen LogP contribution in [-0.2, 0) is 9.63 Å². The number of amides is 1. The monoisotopic (exact) mass is 174 g/mol. The lowest BCUT2D eigenvalue weighted by molar-refractivity contribution is -0.169. The van der Waals surface area contributed by atoms with E-state index in [0.29, 0.717) is 6.54 Å². The summed E-state index contributed by atoms with van der Waals surface area (Å²) in [7, 11) is 3.62. The van der Waals surface area contributed by atoms with Gasteiger partial charge in [0.2, 0.25) is 0 Å². The zero-order valence-electron chi connectivity index (χ0n) is 7.36. The summed E-state index contributed by atoms with van der Waals surface area (Å²) in [6, 6.07) is 0. The van der Waals surface area contributed by atoms with Crippen molar-refractivity contribution in [3.8, 4) is 0 Å². The van der Waals surface area contributed by atoms with Gasteiger partial charge in [0.15, 0.2) is 0 Å². The quantitative estimate of drug-likeness (QED) is 0.564. The predicted octanol–water partition coefficient (Wildman–Crippen LogP) is -1.32. The van der Waals surface area contributed by atoms with E-state index in [2.05, 4.69) is 0 Å². The molecule has 1 N–H and O–H groups in total. The Bertz CT molecular complexity index is 172. The Morgan fingerprint density at radius 1 is 1.75 bits per heavy atom. The van der Waals surface area contributed by atoms with Gasteiger partial charge in [0.25, 0.3) is 5.91 Å². The third kappa shape index (κ3) is 2.44. The van der Waals surface area contributed by atoms with Gasteiger partial charge in [-0.3, -0.25) is 9.63 Å². The zero-order chi connectivity index (χ0) is 9.14. The number of nitrogens with zero attached hydrogens (tertiary/aromatic N) is 2. The van der Waals surface area contributed by atoms with Crippen LogP contribution in [-0.4, -0.2) is 60.9 Å². The molecule has 0 aromatic carbocycles. The van der Waals surface area contributed by atoms with Crippen LogP contribution in [0.15, 0.2) is 0 Å². The van der Waals surface area contributed by atoms with E-state index >= 15 is 0 Å². The highest BCUT2D eigenvalue weighted by molar-refractivity contribution is 5.77. The van der Waals surface area contributed by atoms with E-state index in [-0.39, 0.29) is 19.1 Å². The van der Waals surface area contributed by atoms with E-state index in [9.17, 15) is 4.79 Å². The van der Waals surface area contributed by atoms with E-state index in [4.69, 9.17) is 9.94 Å². The van der Waals surface area contributed by atoms with Crippen molar-refractivity contribution >= 4 is 5.91 Å². The molecule has 5 heteroatoms. The van der Waals surface area contributed by atoms with Gasteiger partial charge in [0, 0.05) is 0 Å². The molecule has 1 fully saturated rings. The van der Waals surface area contributed by atoms with Gasteiger partial charge in [0.05, 0.1) is 19.2 Å². The smallest absolute Gasteiger partial charge is 0.260 e. The van der Waals surface area contributed by atoms with Crippen LogP contribution in [0.5, 0.6) is 0 Å². The fraction of sp³-hybridized carbons (Fsp3) is 0.857. The highest BCUT2D eigenvalue weighted by Crippen LogP contribution is 2.05. The number of hydroxylamine groups is 2. The Morgan fingerprint density at radius 2 is 2.42 bits per heavy atom. The van der Waals surface area contributed by atoms with Gasteiger partial charge in [-0.25, -0.2) is 5.06 Å². The first kappa shape index (κ1) is 9.44. The van der Waals surface area contributed by atoms with Crippen molar-refractivity contribution in [3.63, 3.8) is 0 Å². The van der Waals surface area contributed by atoms with Gasteiger partial charge in [-0.2, -0.15) is 0 Å². The van der Waals surface area contributed by atoms with Gasteiger partial charge >= 0.3 is 0 Å². The highest BCUT2D eigenvalue weighted by Gasteiger charge is 2.25. The first-order valence-corrected chi connectivity index (χ1v) is 3.85. The van der Waals surface area contributed by atoms with Gasteiger partial charge in [-0.15, -0.1) is 0 Å². The standard InChI is InChI=1S/C7H14N2O3/c1-8(2)4-7(11)9-3-6(10)5-12-9/h6,10H,3-5H2,1-2H3. The van der Waals surface area contributed by atoms with Crippen molar-refractivity contribution < 1.29 is 14.7 Å². The SMILES string of the molecule is CN(C)CC(=O)N1CC(O)CO1. The van der Waals surface area contributed by atoms with Crippen molar-refractivity contribution in [2.75, 3.05) is 33.8 Å². The average Bonchev–Trinajstić information content (AvgIpc) is 2.34. The largest absolute Gasteiger partial charge is 0.389 e. The predicted molar refractivity (Wildman–Crippen MR) is 42.2 cm³/mol. The second kappa shape index (κ2) is 3.84. The van der Waals surface area contributed by atoms with Crippen molar-refractivity contribution in [1.82, 2.24) is 9.96 Å². The molecule has 0 aromatic rings. The minimum atomic E-state index is -0.531. The zero-order valence-corrected chi connectivity index (χ0v) is 7.36. The molecule has 1 heterocycles. The summed E-state index contributed by atoms with van der Waals surface area (Å²) in [4.78, 5) is 17.9. The molecule has 1 atom stereocenters. The second-order valence-corrected chi connectivity index (χ2v) is 3.14. The van der Waals surface area contributed by atoms with Crippen molar-refractivity contribution in [2.24, 2.45) is 0 Å². The molecule has 0 radical (unpaired) electrons. The van der Waals surface area contributed by atoms with Gasteiger partial charge in [-0.1, -0.05) is 0 Å². The van der Waals surface area contributed by atoms with Crippen LogP contribution >= 0.6 is 0 Å². The fourth-order valence-electron chi connectivity index (χ4n) is 0.996. The van der Waals surface area contributed by atoms with Gasteiger partial charge in [0.1, 0.15) is 6.61 Å². The minimum Gasteiger partial charge on any atom is -0.389 e. The molecule has 0 bridgehead atoms. The molecule has 70 valence electrons. The average molecular weight is 174 g/mol. The Balaban J connectivity index is 2.33. The summed E-state index contributed by atoms with van der Waals surface area (Å²) in [5.74, 6) is -0.114. The molecule has 0 spiro atoms. The third-order valence-electron chi connectivity index (χ3n) is 1.53. The Kier molecular flexibility index (Phi) is 3.02. The van der Waals surface area contributed by atoms with Crippen molar-refractivity contribution in [2.45, 2.75) is 6.10 Å². The van der Waals surface area contributed by atoms with Gasteiger partial charge < -0.3 is 10.0 Å². The molecule has 5 nitrogen and oxygen atoms in total. The minimum absolute atomic E-state index is 0.114. The topological polar surface area (TPSA) is 53.0 Å². The van der Waals surface area contributed by atoms with Gasteiger partial charge in [-0.05, 0) is 14.1 Å². The maximum atomic E-state index is 11.2. The molecule has 1 rings (SSSR count). The highest BCUT2D eigenvalue weighted by atomic mass is 16.7. The molecule has 1 aliphatic heterocycles. The van der Waals surface area contributed by atoms with Crippen LogP contribution in [0.2, 0.25) is 0 Å². The molecule has 0 aromatic heterocycles. The van der Waals surface area contributed by atoms with E-state index in [0.717, 1.165) is 0 Å². The molecule has 12 heavy (non-hydrogen) atoms. The van der Waals surface area contributed by atoms with Crippen LogP contribution in [0.1, 0.15) is 0 Å². The second-order valence-electron chi connectivity index (χ2n) is 3.14. The fourth-order valence-corrected chi connectivity index (χ4v) is 0.996. The Hall–Kier alpha value is -0.650. The number of aliphatic hydroxyl groups is 1. The van der Waals surface area contributed by atoms with E-state index < -0.39 is 6.10 Å².